The fourth-order valence-corrected chi connectivity index (χ4v) is 4.40. The highest BCUT2D eigenvalue weighted by Crippen LogP contribution is 2.27. The van der Waals surface area contributed by atoms with Gasteiger partial charge in [-0.25, -0.2) is 0 Å². The van der Waals surface area contributed by atoms with Gasteiger partial charge in [0.15, 0.2) is 0 Å². The molecule has 0 aromatic heterocycles. The van der Waals surface area contributed by atoms with Crippen LogP contribution in [-0.4, -0.2) is 0 Å². The van der Waals surface area contributed by atoms with E-state index in [0.717, 1.165) is 17.8 Å². The number of hydrogen-bond acceptors (Lipinski definition) is 0. The minimum atomic E-state index is 0.880. The van der Waals surface area contributed by atoms with E-state index >= 15 is 0 Å². The Kier molecular flexibility index (Phi) is 20.7. The van der Waals surface area contributed by atoms with Gasteiger partial charge in [0.25, 0.3) is 0 Å². The van der Waals surface area contributed by atoms with Gasteiger partial charge in [0.2, 0.25) is 0 Å². The van der Waals surface area contributed by atoms with Crippen LogP contribution in [0.5, 0.6) is 0 Å². The van der Waals surface area contributed by atoms with E-state index in [2.05, 4.69) is 34.6 Å². The third-order valence-electron chi connectivity index (χ3n) is 6.48. The molecule has 0 bridgehead atoms. The lowest BCUT2D eigenvalue weighted by Crippen LogP contribution is -2.05. The third-order valence-corrected chi connectivity index (χ3v) is 6.48. The van der Waals surface area contributed by atoms with Crippen LogP contribution in [0.2, 0.25) is 0 Å². The molecule has 0 heteroatoms. The predicted molar refractivity (Wildman–Crippen MR) is 127 cm³/mol. The third kappa shape index (κ3) is 20.5. The zero-order chi connectivity index (χ0) is 20.2. The minimum Gasteiger partial charge on any atom is -0.0654 e. The maximum absolute atomic E-state index is 2.51. The van der Waals surface area contributed by atoms with Gasteiger partial charge < -0.3 is 0 Å². The van der Waals surface area contributed by atoms with E-state index in [1.807, 2.05) is 0 Å². The molecule has 1 unspecified atom stereocenters. The molecule has 0 radical (unpaired) electrons. The normalized spacial score (nSPS) is 13.0. The van der Waals surface area contributed by atoms with Gasteiger partial charge in [-0.1, -0.05) is 157 Å². The monoisotopic (exact) mass is 380 g/mol. The van der Waals surface area contributed by atoms with E-state index in [1.54, 1.807) is 0 Å². The number of unbranched alkanes of at least 4 members (excludes halogenated alkanes) is 10. The second-order valence-electron chi connectivity index (χ2n) is 9.99. The first kappa shape index (κ1) is 27.0. The Bertz CT molecular complexity index is 251. The lowest BCUT2D eigenvalue weighted by atomic mass is 9.86. The number of hydrogen-bond donors (Lipinski definition) is 0. The van der Waals surface area contributed by atoms with Crippen LogP contribution in [0.4, 0.5) is 0 Å². The van der Waals surface area contributed by atoms with E-state index < -0.39 is 0 Å². The quantitative estimate of drug-likeness (QED) is 0.174. The van der Waals surface area contributed by atoms with Gasteiger partial charge in [-0.05, 0) is 17.8 Å². The molecule has 0 aromatic rings. The maximum Gasteiger partial charge on any atom is -0.0414 e. The molecular formula is C27H56. The summed E-state index contributed by atoms with van der Waals surface area (Å²) in [5, 5.41) is 0. The van der Waals surface area contributed by atoms with Crippen molar-refractivity contribution >= 4 is 0 Å². The van der Waals surface area contributed by atoms with Gasteiger partial charge in [-0.3, -0.25) is 0 Å². The summed E-state index contributed by atoms with van der Waals surface area (Å²) >= 11 is 0. The van der Waals surface area contributed by atoms with Crippen molar-refractivity contribution in [1.29, 1.82) is 0 Å². The van der Waals surface area contributed by atoms with E-state index in [9.17, 15) is 0 Å². The molecule has 0 fully saturated rings. The van der Waals surface area contributed by atoms with Crippen LogP contribution in [0.15, 0.2) is 0 Å². The van der Waals surface area contributed by atoms with Crippen LogP contribution in [0.3, 0.4) is 0 Å². The predicted octanol–water partition coefficient (Wildman–Crippen LogP) is 10.3. The SMILES string of the molecule is CCCCCCCCC(CCCCCCCC)CCC(C)CCCC(C)C. The van der Waals surface area contributed by atoms with Gasteiger partial charge in [-0.15, -0.1) is 0 Å². The first-order valence-corrected chi connectivity index (χ1v) is 13.1. The highest BCUT2D eigenvalue weighted by atomic mass is 14.2. The maximum atomic E-state index is 2.51. The molecule has 0 saturated heterocycles. The number of rotatable bonds is 21. The smallest absolute Gasteiger partial charge is 0.0414 e. The van der Waals surface area contributed by atoms with Crippen LogP contribution in [0.25, 0.3) is 0 Å². The fraction of sp³-hybridized carbons (Fsp3) is 1.00. The van der Waals surface area contributed by atoms with Crippen molar-refractivity contribution in [2.75, 3.05) is 0 Å². The summed E-state index contributed by atoms with van der Waals surface area (Å²) in [4.78, 5) is 0. The van der Waals surface area contributed by atoms with Crippen LogP contribution in [-0.2, 0) is 0 Å². The first-order valence-electron chi connectivity index (χ1n) is 13.1. The molecule has 0 nitrogen and oxygen atoms in total. The van der Waals surface area contributed by atoms with E-state index in [1.165, 1.54) is 122 Å². The van der Waals surface area contributed by atoms with Gasteiger partial charge in [0, 0.05) is 0 Å². The van der Waals surface area contributed by atoms with Crippen molar-refractivity contribution in [2.24, 2.45) is 17.8 Å². The molecule has 0 rings (SSSR count). The van der Waals surface area contributed by atoms with Gasteiger partial charge in [0.1, 0.15) is 0 Å². The second kappa shape index (κ2) is 20.7. The largest absolute Gasteiger partial charge is 0.0654 e. The first-order chi connectivity index (χ1) is 13.1. The van der Waals surface area contributed by atoms with Crippen molar-refractivity contribution in [2.45, 2.75) is 157 Å². The average Bonchev–Trinajstić information content (AvgIpc) is 2.64. The second-order valence-corrected chi connectivity index (χ2v) is 9.99. The summed E-state index contributed by atoms with van der Waals surface area (Å²) < 4.78 is 0. The Balaban J connectivity index is 3.98. The minimum absolute atomic E-state index is 0.880. The van der Waals surface area contributed by atoms with Crippen LogP contribution in [0, 0.1) is 17.8 Å². The Morgan fingerprint density at radius 3 is 1.37 bits per heavy atom. The van der Waals surface area contributed by atoms with Crippen LogP contribution in [0.1, 0.15) is 157 Å². The molecule has 0 saturated carbocycles. The van der Waals surface area contributed by atoms with Crippen molar-refractivity contribution in [1.82, 2.24) is 0 Å². The highest BCUT2D eigenvalue weighted by Gasteiger charge is 2.11. The summed E-state index contributed by atoms with van der Waals surface area (Å²) in [6, 6.07) is 0. The summed E-state index contributed by atoms with van der Waals surface area (Å²) in [5.74, 6) is 2.85. The lowest BCUT2D eigenvalue weighted by Gasteiger charge is -2.20. The van der Waals surface area contributed by atoms with Gasteiger partial charge in [-0.2, -0.15) is 0 Å². The van der Waals surface area contributed by atoms with E-state index in [0.29, 0.717) is 0 Å². The lowest BCUT2D eigenvalue weighted by molar-refractivity contribution is 0.332. The molecule has 0 aliphatic carbocycles. The van der Waals surface area contributed by atoms with E-state index in [-0.39, 0.29) is 0 Å². The standard InChI is InChI=1S/C27H56/c1-6-8-10-12-14-16-21-27(22-17-15-13-11-9-7-2)24-23-26(5)20-18-19-25(3)4/h25-27H,6-24H2,1-5H3. The topological polar surface area (TPSA) is 0 Å². The molecule has 0 N–H and O–H groups in total. The van der Waals surface area contributed by atoms with Crippen molar-refractivity contribution in [3.8, 4) is 0 Å². The zero-order valence-electron chi connectivity index (χ0n) is 20.2. The zero-order valence-corrected chi connectivity index (χ0v) is 20.2. The molecule has 0 heterocycles. The Hall–Kier alpha value is 0. The Labute approximate surface area is 174 Å². The van der Waals surface area contributed by atoms with Crippen LogP contribution >= 0.6 is 0 Å². The Morgan fingerprint density at radius 1 is 0.407 bits per heavy atom. The summed E-state index contributed by atoms with van der Waals surface area (Å²) in [6.45, 7) is 11.9. The summed E-state index contributed by atoms with van der Waals surface area (Å²) in [5.41, 5.74) is 0. The molecular weight excluding hydrogens is 324 g/mol. The molecule has 0 amide bonds. The van der Waals surface area contributed by atoms with Gasteiger partial charge >= 0.3 is 0 Å². The van der Waals surface area contributed by atoms with Crippen molar-refractivity contribution in [3.05, 3.63) is 0 Å². The molecule has 1 atom stereocenters. The average molecular weight is 381 g/mol. The van der Waals surface area contributed by atoms with E-state index in [4.69, 9.17) is 0 Å². The van der Waals surface area contributed by atoms with Crippen LogP contribution < -0.4 is 0 Å². The summed E-state index contributed by atoms with van der Waals surface area (Å²) in [6.07, 6.45) is 27.8. The highest BCUT2D eigenvalue weighted by molar-refractivity contribution is 4.65. The Morgan fingerprint density at radius 2 is 0.889 bits per heavy atom. The molecule has 164 valence electrons. The molecule has 0 aromatic carbocycles. The van der Waals surface area contributed by atoms with Crippen molar-refractivity contribution in [3.63, 3.8) is 0 Å². The molecule has 0 aliphatic rings. The summed E-state index contributed by atoms with van der Waals surface area (Å²) in [7, 11) is 0. The molecule has 0 spiro atoms. The van der Waals surface area contributed by atoms with Gasteiger partial charge in [0.05, 0.1) is 0 Å². The van der Waals surface area contributed by atoms with Crippen molar-refractivity contribution < 1.29 is 0 Å². The molecule has 0 aliphatic heterocycles. The molecule has 27 heavy (non-hydrogen) atoms. The fourth-order valence-electron chi connectivity index (χ4n) is 4.40.